The Morgan fingerprint density at radius 2 is 2.27 bits per heavy atom. The van der Waals surface area contributed by atoms with Gasteiger partial charge in [-0.15, -0.1) is 0 Å². The number of hydrogen-bond acceptors (Lipinski definition) is 6. The molecule has 1 aliphatic rings. The molecule has 22 heavy (non-hydrogen) atoms. The van der Waals surface area contributed by atoms with Gasteiger partial charge in [0.1, 0.15) is 11.5 Å². The highest BCUT2D eigenvalue weighted by Crippen LogP contribution is 2.27. The number of nitrogens with two attached hydrogens (primary N) is 1. The number of sulfonamides is 1. The fourth-order valence-electron chi connectivity index (χ4n) is 1.94. The van der Waals surface area contributed by atoms with E-state index in [9.17, 15) is 17.9 Å². The molecule has 0 spiro atoms. The van der Waals surface area contributed by atoms with Crippen molar-refractivity contribution in [2.24, 2.45) is 5.73 Å². The molecule has 7 nitrogen and oxygen atoms in total. The van der Waals surface area contributed by atoms with Gasteiger partial charge in [0.2, 0.25) is 15.9 Å². The van der Waals surface area contributed by atoms with Gasteiger partial charge >= 0.3 is 0 Å². The van der Waals surface area contributed by atoms with Crippen molar-refractivity contribution >= 4 is 10.0 Å². The Labute approximate surface area is 128 Å². The maximum absolute atomic E-state index is 12.3. The summed E-state index contributed by atoms with van der Waals surface area (Å²) in [5.41, 5.74) is 4.57. The predicted octanol–water partition coefficient (Wildman–Crippen LogP) is 0.0278. The van der Waals surface area contributed by atoms with Crippen molar-refractivity contribution in [1.29, 1.82) is 0 Å². The number of ether oxygens (including phenoxy) is 1. The lowest BCUT2D eigenvalue weighted by molar-refractivity contribution is -0.0426. The van der Waals surface area contributed by atoms with E-state index >= 15 is 0 Å². The molecule has 0 saturated carbocycles. The molecule has 2 rings (SSSR count). The number of aromatic nitrogens is 1. The maximum Gasteiger partial charge on any atom is 0.244 e. The molecule has 1 aromatic rings. The average molecular weight is 331 g/mol. The number of nitrogens with zero attached hydrogens (tertiary/aromatic N) is 2. The Bertz CT molecular complexity index is 650. The van der Waals surface area contributed by atoms with E-state index in [1.54, 1.807) is 6.92 Å². The van der Waals surface area contributed by atoms with Crippen LogP contribution in [0.5, 0.6) is 5.88 Å². The molecule has 0 radical (unpaired) electrons. The normalized spacial score (nSPS) is 18.8. The zero-order valence-electron chi connectivity index (χ0n) is 12.1. The molecule has 3 N–H and O–H groups in total. The molecule has 0 unspecified atom stereocenters. The van der Waals surface area contributed by atoms with Crippen LogP contribution in [0.15, 0.2) is 35.1 Å². The van der Waals surface area contributed by atoms with Crippen LogP contribution in [0.4, 0.5) is 4.39 Å². The van der Waals surface area contributed by atoms with Crippen LogP contribution in [-0.2, 0) is 10.0 Å². The van der Waals surface area contributed by atoms with Gasteiger partial charge in [-0.1, -0.05) is 0 Å². The predicted molar refractivity (Wildman–Crippen MR) is 77.4 cm³/mol. The van der Waals surface area contributed by atoms with Gasteiger partial charge in [0.05, 0.1) is 18.1 Å². The number of β-amino-alcohol motifs (C(OH)–C–C–N with tert-alkyl or cyclic N) is 1. The van der Waals surface area contributed by atoms with Crippen LogP contribution in [-0.4, -0.2) is 54.7 Å². The molecule has 0 atom stereocenters. The molecule has 1 fully saturated rings. The summed E-state index contributed by atoms with van der Waals surface area (Å²) in [5, 5.41) is 9.62. The zero-order valence-corrected chi connectivity index (χ0v) is 12.9. The van der Waals surface area contributed by atoms with Crippen molar-refractivity contribution in [2.75, 3.05) is 26.2 Å². The van der Waals surface area contributed by atoms with Crippen molar-refractivity contribution in [3.05, 3.63) is 30.2 Å². The SMILES string of the molecule is CC1(O)CN(S(=O)(=O)c2ccc(OC/C(=C\F)CN)nc2)C1. The lowest BCUT2D eigenvalue weighted by Crippen LogP contribution is -2.61. The Kier molecular flexibility index (Phi) is 4.81. The molecular weight excluding hydrogens is 313 g/mol. The third-order valence-corrected chi connectivity index (χ3v) is 4.98. The summed E-state index contributed by atoms with van der Waals surface area (Å²) < 4.78 is 43.2. The molecule has 0 aliphatic carbocycles. The van der Waals surface area contributed by atoms with Gasteiger partial charge in [0.15, 0.2) is 0 Å². The second kappa shape index (κ2) is 6.29. The summed E-state index contributed by atoms with van der Waals surface area (Å²) in [6.07, 6.45) is 1.54. The summed E-state index contributed by atoms with van der Waals surface area (Å²) in [7, 11) is -3.67. The number of hydrogen-bond donors (Lipinski definition) is 2. The molecule has 122 valence electrons. The van der Waals surface area contributed by atoms with Crippen molar-refractivity contribution < 1.29 is 22.7 Å². The number of aliphatic hydroxyl groups is 1. The summed E-state index contributed by atoms with van der Waals surface area (Å²) >= 11 is 0. The van der Waals surface area contributed by atoms with E-state index in [1.165, 1.54) is 22.6 Å². The number of pyridine rings is 1. The minimum atomic E-state index is -3.67. The van der Waals surface area contributed by atoms with E-state index in [0.717, 1.165) is 0 Å². The monoisotopic (exact) mass is 331 g/mol. The highest BCUT2D eigenvalue weighted by Gasteiger charge is 2.43. The fraction of sp³-hybridized carbons (Fsp3) is 0.462. The highest BCUT2D eigenvalue weighted by molar-refractivity contribution is 7.89. The first-order valence-corrected chi connectivity index (χ1v) is 8.02. The van der Waals surface area contributed by atoms with Gasteiger partial charge in [-0.3, -0.25) is 0 Å². The topological polar surface area (TPSA) is 106 Å². The Hall–Kier alpha value is -1.55. The summed E-state index contributed by atoms with van der Waals surface area (Å²) in [5.74, 6) is 0.169. The van der Waals surface area contributed by atoms with Gasteiger partial charge in [-0.2, -0.15) is 4.31 Å². The van der Waals surface area contributed by atoms with Gasteiger partial charge < -0.3 is 15.6 Å². The second-order valence-corrected chi connectivity index (χ2v) is 7.30. The molecule has 1 aromatic heterocycles. The quantitative estimate of drug-likeness (QED) is 0.762. The first-order chi connectivity index (χ1) is 10.3. The molecule has 1 aliphatic heterocycles. The number of rotatable bonds is 6. The van der Waals surface area contributed by atoms with Gasteiger partial charge in [-0.05, 0) is 13.0 Å². The largest absolute Gasteiger partial charge is 0.473 e. The van der Waals surface area contributed by atoms with Gasteiger partial charge in [-0.25, -0.2) is 17.8 Å². The minimum absolute atomic E-state index is 0.00966. The molecular formula is C13H18FN3O4S. The van der Waals surface area contributed by atoms with Crippen LogP contribution in [0, 0.1) is 0 Å². The van der Waals surface area contributed by atoms with Crippen LogP contribution >= 0.6 is 0 Å². The molecule has 9 heteroatoms. The van der Waals surface area contributed by atoms with E-state index in [2.05, 4.69) is 4.98 Å². The number of halogens is 1. The minimum Gasteiger partial charge on any atom is -0.473 e. The third-order valence-electron chi connectivity index (χ3n) is 3.20. The van der Waals surface area contributed by atoms with Crippen LogP contribution in [0.3, 0.4) is 0 Å². The van der Waals surface area contributed by atoms with E-state index in [0.29, 0.717) is 6.33 Å². The Balaban J connectivity index is 2.03. The first-order valence-electron chi connectivity index (χ1n) is 6.58. The van der Waals surface area contributed by atoms with Crippen LogP contribution in [0.2, 0.25) is 0 Å². The van der Waals surface area contributed by atoms with E-state index in [1.807, 2.05) is 0 Å². The Morgan fingerprint density at radius 1 is 1.59 bits per heavy atom. The molecule has 1 saturated heterocycles. The highest BCUT2D eigenvalue weighted by atomic mass is 32.2. The van der Waals surface area contributed by atoms with E-state index in [-0.39, 0.29) is 42.6 Å². The first kappa shape index (κ1) is 16.8. The van der Waals surface area contributed by atoms with E-state index in [4.69, 9.17) is 10.5 Å². The van der Waals surface area contributed by atoms with Crippen LogP contribution in [0.25, 0.3) is 0 Å². The second-order valence-electron chi connectivity index (χ2n) is 5.36. The maximum atomic E-state index is 12.3. The average Bonchev–Trinajstić information content (AvgIpc) is 2.46. The molecule has 0 amide bonds. The van der Waals surface area contributed by atoms with Crippen molar-refractivity contribution in [3.63, 3.8) is 0 Å². The molecule has 0 bridgehead atoms. The van der Waals surface area contributed by atoms with Gasteiger partial charge in [0.25, 0.3) is 0 Å². The lowest BCUT2D eigenvalue weighted by Gasteiger charge is -2.42. The molecule has 0 aromatic carbocycles. The van der Waals surface area contributed by atoms with Crippen molar-refractivity contribution in [1.82, 2.24) is 9.29 Å². The van der Waals surface area contributed by atoms with Crippen LogP contribution in [0.1, 0.15) is 6.92 Å². The summed E-state index contributed by atoms with van der Waals surface area (Å²) in [6, 6.07) is 2.74. The fourth-order valence-corrected chi connectivity index (χ4v) is 3.56. The van der Waals surface area contributed by atoms with Crippen molar-refractivity contribution in [2.45, 2.75) is 17.4 Å². The standard InChI is InChI=1S/C13H18FN3O4S/c1-13(18)8-17(9-13)22(19,20)11-2-3-12(16-6-11)21-7-10(4-14)5-15/h2-4,6,18H,5,7-9,15H2,1H3/b10-4-. The smallest absolute Gasteiger partial charge is 0.244 e. The van der Waals surface area contributed by atoms with Crippen LogP contribution < -0.4 is 10.5 Å². The lowest BCUT2D eigenvalue weighted by atomic mass is 10.0. The van der Waals surface area contributed by atoms with Gasteiger partial charge in [0, 0.05) is 31.3 Å². The Morgan fingerprint density at radius 3 is 2.73 bits per heavy atom. The third kappa shape index (κ3) is 3.61. The van der Waals surface area contributed by atoms with E-state index < -0.39 is 15.6 Å². The van der Waals surface area contributed by atoms with Crippen molar-refractivity contribution in [3.8, 4) is 5.88 Å². The zero-order chi connectivity index (χ0) is 16.4. The molecule has 2 heterocycles. The summed E-state index contributed by atoms with van der Waals surface area (Å²) in [4.78, 5) is 3.89. The summed E-state index contributed by atoms with van der Waals surface area (Å²) in [6.45, 7) is 1.64.